The van der Waals surface area contributed by atoms with E-state index < -0.39 is 12.0 Å². The van der Waals surface area contributed by atoms with Crippen LogP contribution in [0.15, 0.2) is 24.3 Å². The lowest BCUT2D eigenvalue weighted by molar-refractivity contribution is -0.138. The van der Waals surface area contributed by atoms with E-state index in [0.717, 1.165) is 17.8 Å². The Hall–Kier alpha value is -1.50. The van der Waals surface area contributed by atoms with Gasteiger partial charge in [0.25, 0.3) is 0 Å². The molecule has 3 N–H and O–H groups in total. The predicted octanol–water partition coefficient (Wildman–Crippen LogP) is 2.02. The fourth-order valence-corrected chi connectivity index (χ4v) is 3.96. The summed E-state index contributed by atoms with van der Waals surface area (Å²) in [6, 6.07) is 7.75. The maximum atomic E-state index is 11.1. The van der Waals surface area contributed by atoms with Gasteiger partial charge in [0.2, 0.25) is 0 Å². The van der Waals surface area contributed by atoms with Gasteiger partial charge in [-0.15, -0.1) is 11.8 Å². The fraction of sp³-hybridized carbons (Fsp3) is 0.400. The number of para-hydroxylation sites is 1. The van der Waals surface area contributed by atoms with Crippen LogP contribution in [-0.2, 0) is 11.3 Å². The van der Waals surface area contributed by atoms with Crippen molar-refractivity contribution in [3.8, 4) is 0 Å². The third-order valence-corrected chi connectivity index (χ3v) is 4.89. The molecule has 0 amide bonds. The van der Waals surface area contributed by atoms with E-state index in [1.165, 1.54) is 10.9 Å². The van der Waals surface area contributed by atoms with E-state index in [9.17, 15) is 4.79 Å². The van der Waals surface area contributed by atoms with Crippen molar-refractivity contribution in [2.45, 2.75) is 18.0 Å². The summed E-state index contributed by atoms with van der Waals surface area (Å²) < 4.78 is 0. The average molecular weight is 305 g/mol. The van der Waals surface area contributed by atoms with Crippen molar-refractivity contribution in [2.75, 3.05) is 19.8 Å². The highest BCUT2D eigenvalue weighted by molar-refractivity contribution is 7.99. The summed E-state index contributed by atoms with van der Waals surface area (Å²) >= 11 is 1.65. The van der Waals surface area contributed by atoms with Crippen molar-refractivity contribution in [3.05, 3.63) is 35.5 Å². The van der Waals surface area contributed by atoms with Crippen LogP contribution in [-0.4, -0.2) is 46.8 Å². The lowest BCUT2D eigenvalue weighted by atomic mass is 10.1. The van der Waals surface area contributed by atoms with Crippen molar-refractivity contribution < 1.29 is 9.90 Å². The molecule has 112 valence electrons. The number of nitrogens with zero attached hydrogens (tertiary/aromatic N) is 1. The van der Waals surface area contributed by atoms with Crippen LogP contribution in [0.1, 0.15) is 16.6 Å². The summed E-state index contributed by atoms with van der Waals surface area (Å²) in [4.78, 5) is 16.7. The zero-order valence-electron chi connectivity index (χ0n) is 12.1. The number of rotatable bonds is 4. The van der Waals surface area contributed by atoms with E-state index in [-0.39, 0.29) is 5.37 Å². The van der Waals surface area contributed by atoms with Crippen LogP contribution in [0.25, 0.3) is 10.9 Å². The molecule has 1 aliphatic rings. The third kappa shape index (κ3) is 2.79. The summed E-state index contributed by atoms with van der Waals surface area (Å²) in [5.41, 5.74) is 3.44. The van der Waals surface area contributed by atoms with Crippen LogP contribution in [0, 0.1) is 0 Å². The van der Waals surface area contributed by atoms with Gasteiger partial charge in [-0.1, -0.05) is 18.2 Å². The maximum Gasteiger partial charge on any atom is 0.321 e. The van der Waals surface area contributed by atoms with Crippen molar-refractivity contribution >= 4 is 28.6 Å². The molecule has 0 spiro atoms. The highest BCUT2D eigenvalue weighted by Gasteiger charge is 2.32. The quantitative estimate of drug-likeness (QED) is 0.806. The zero-order chi connectivity index (χ0) is 15.0. The monoisotopic (exact) mass is 305 g/mol. The topological polar surface area (TPSA) is 68.4 Å². The number of hydrogen-bond acceptors (Lipinski definition) is 4. The van der Waals surface area contributed by atoms with Gasteiger partial charge in [-0.25, -0.2) is 0 Å². The lowest BCUT2D eigenvalue weighted by Crippen LogP contribution is -2.34. The molecular formula is C15H19N3O2S. The second kappa shape index (κ2) is 5.71. The molecule has 6 heteroatoms. The minimum absolute atomic E-state index is 0.00782. The van der Waals surface area contributed by atoms with Crippen molar-refractivity contribution in [1.29, 1.82) is 0 Å². The standard InChI is InChI=1S/C15H19N3O2S/c1-18(2)7-10-9-5-3-4-6-11(9)16-13(10)14-17-12(8-21-14)15(19)20/h3-6,12,14,16-17H,7-8H2,1-2H3,(H,19,20). The molecule has 1 aromatic carbocycles. The smallest absolute Gasteiger partial charge is 0.321 e. The molecule has 1 aliphatic heterocycles. The normalized spacial score (nSPS) is 22.2. The van der Waals surface area contributed by atoms with E-state index in [0.29, 0.717) is 5.75 Å². The molecule has 0 radical (unpaired) electrons. The predicted molar refractivity (Wildman–Crippen MR) is 85.4 cm³/mol. The van der Waals surface area contributed by atoms with E-state index in [4.69, 9.17) is 5.11 Å². The first-order valence-electron chi connectivity index (χ1n) is 6.91. The number of carboxylic acid groups (broad SMARTS) is 1. The number of thioether (sulfide) groups is 1. The number of aromatic nitrogens is 1. The van der Waals surface area contributed by atoms with Gasteiger partial charge in [0, 0.05) is 28.9 Å². The van der Waals surface area contributed by atoms with Crippen LogP contribution in [0.5, 0.6) is 0 Å². The Bertz CT molecular complexity index is 668. The maximum absolute atomic E-state index is 11.1. The van der Waals surface area contributed by atoms with Crippen LogP contribution >= 0.6 is 11.8 Å². The van der Waals surface area contributed by atoms with E-state index in [1.54, 1.807) is 11.8 Å². The Kier molecular flexibility index (Phi) is 3.93. The Labute approximate surface area is 127 Å². The number of benzene rings is 1. The van der Waals surface area contributed by atoms with Gasteiger partial charge >= 0.3 is 5.97 Å². The SMILES string of the molecule is CN(C)Cc1c(C2NC(C(=O)O)CS2)[nH]c2ccccc12. The molecule has 2 aromatic rings. The molecular weight excluding hydrogens is 286 g/mol. The van der Waals surface area contributed by atoms with Crippen LogP contribution in [0.2, 0.25) is 0 Å². The van der Waals surface area contributed by atoms with Gasteiger partial charge in [0.1, 0.15) is 6.04 Å². The molecule has 0 aliphatic carbocycles. The molecule has 1 saturated heterocycles. The van der Waals surface area contributed by atoms with Crippen molar-refractivity contribution in [2.24, 2.45) is 0 Å². The highest BCUT2D eigenvalue weighted by atomic mass is 32.2. The van der Waals surface area contributed by atoms with Gasteiger partial charge in [0.15, 0.2) is 0 Å². The van der Waals surface area contributed by atoms with Gasteiger partial charge in [-0.05, 0) is 25.7 Å². The Balaban J connectivity index is 1.99. The van der Waals surface area contributed by atoms with Crippen molar-refractivity contribution in [1.82, 2.24) is 15.2 Å². The van der Waals surface area contributed by atoms with E-state index in [2.05, 4.69) is 27.3 Å². The zero-order valence-corrected chi connectivity index (χ0v) is 12.9. The van der Waals surface area contributed by atoms with Gasteiger partial charge < -0.3 is 15.0 Å². The molecule has 5 nitrogen and oxygen atoms in total. The number of aliphatic carboxylic acids is 1. The Morgan fingerprint density at radius 2 is 2.19 bits per heavy atom. The summed E-state index contributed by atoms with van der Waals surface area (Å²) in [6.45, 7) is 0.829. The number of fused-ring (bicyclic) bond motifs is 1. The Morgan fingerprint density at radius 1 is 1.43 bits per heavy atom. The minimum atomic E-state index is -0.782. The van der Waals surface area contributed by atoms with Gasteiger partial charge in [-0.2, -0.15) is 0 Å². The molecule has 2 heterocycles. The summed E-state index contributed by atoms with van der Waals surface area (Å²) in [5.74, 6) is -0.188. The lowest BCUT2D eigenvalue weighted by Gasteiger charge is -2.15. The number of H-pyrrole nitrogens is 1. The average Bonchev–Trinajstić information content (AvgIpc) is 3.03. The largest absolute Gasteiger partial charge is 0.480 e. The highest BCUT2D eigenvalue weighted by Crippen LogP contribution is 2.37. The molecule has 0 saturated carbocycles. The number of carbonyl (C=O) groups is 1. The number of nitrogens with one attached hydrogen (secondary N) is 2. The van der Waals surface area contributed by atoms with Crippen LogP contribution in [0.4, 0.5) is 0 Å². The minimum Gasteiger partial charge on any atom is -0.480 e. The second-order valence-corrected chi connectivity index (χ2v) is 6.71. The molecule has 1 fully saturated rings. The van der Waals surface area contributed by atoms with Crippen molar-refractivity contribution in [3.63, 3.8) is 0 Å². The molecule has 2 atom stereocenters. The first-order valence-corrected chi connectivity index (χ1v) is 7.96. The second-order valence-electron chi connectivity index (χ2n) is 5.57. The first kappa shape index (κ1) is 14.4. The first-order chi connectivity index (χ1) is 10.1. The molecule has 2 unspecified atom stereocenters. The third-order valence-electron chi connectivity index (χ3n) is 3.66. The number of hydrogen-bond donors (Lipinski definition) is 3. The summed E-state index contributed by atoms with van der Waals surface area (Å²) in [7, 11) is 4.08. The molecule has 0 bridgehead atoms. The fourth-order valence-electron chi connectivity index (χ4n) is 2.71. The summed E-state index contributed by atoms with van der Waals surface area (Å²) in [6.07, 6.45) is 0. The summed E-state index contributed by atoms with van der Waals surface area (Å²) in [5, 5.41) is 13.6. The van der Waals surface area contributed by atoms with Gasteiger partial charge in [0.05, 0.1) is 5.37 Å². The Morgan fingerprint density at radius 3 is 2.86 bits per heavy atom. The molecule has 1 aromatic heterocycles. The number of aromatic amines is 1. The molecule has 3 rings (SSSR count). The van der Waals surface area contributed by atoms with Crippen LogP contribution < -0.4 is 5.32 Å². The van der Waals surface area contributed by atoms with E-state index >= 15 is 0 Å². The molecule has 21 heavy (non-hydrogen) atoms. The van der Waals surface area contributed by atoms with Crippen LogP contribution in [0.3, 0.4) is 0 Å². The van der Waals surface area contributed by atoms with Gasteiger partial charge in [-0.3, -0.25) is 10.1 Å². The number of carboxylic acids is 1. The van der Waals surface area contributed by atoms with E-state index in [1.807, 2.05) is 26.2 Å².